The Balaban J connectivity index is 2.91. The Labute approximate surface area is 125 Å². The van der Waals surface area contributed by atoms with Crippen molar-refractivity contribution in [3.8, 4) is 0 Å². The first kappa shape index (κ1) is 17.4. The molecule has 0 heterocycles. The summed E-state index contributed by atoms with van der Waals surface area (Å²) < 4.78 is 28.3. The van der Waals surface area contributed by atoms with Crippen molar-refractivity contribution >= 4 is 21.6 Å². The van der Waals surface area contributed by atoms with Gasteiger partial charge in [-0.3, -0.25) is 9.59 Å². The van der Waals surface area contributed by atoms with Gasteiger partial charge < -0.3 is 4.74 Å². The van der Waals surface area contributed by atoms with Crippen molar-refractivity contribution in [3.63, 3.8) is 0 Å². The van der Waals surface area contributed by atoms with Crippen LogP contribution >= 0.6 is 0 Å². The summed E-state index contributed by atoms with van der Waals surface area (Å²) in [6.45, 7) is 7.25. The summed E-state index contributed by atoms with van der Waals surface area (Å²) in [6.07, 6.45) is 0. The van der Waals surface area contributed by atoms with E-state index < -0.39 is 33.1 Å². The van der Waals surface area contributed by atoms with Crippen LogP contribution in [-0.2, 0) is 19.4 Å². The van der Waals surface area contributed by atoms with Crippen LogP contribution in [0, 0.1) is 20.8 Å². The molecule has 0 aliphatic rings. The minimum atomic E-state index is -3.81. The lowest BCUT2D eigenvalue weighted by atomic mass is 9.99. The van der Waals surface area contributed by atoms with Crippen LogP contribution in [0.15, 0.2) is 12.1 Å². The molecular formula is C15H20O5S. The number of rotatable bonds is 6. The highest BCUT2D eigenvalue weighted by Crippen LogP contribution is 2.16. The highest BCUT2D eigenvalue weighted by atomic mass is 32.2. The summed E-state index contributed by atoms with van der Waals surface area (Å²) in [6, 6.07) is 3.54. The zero-order valence-electron chi connectivity index (χ0n) is 12.7. The van der Waals surface area contributed by atoms with Gasteiger partial charge in [-0.25, -0.2) is 8.42 Å². The van der Waals surface area contributed by atoms with Crippen molar-refractivity contribution in [2.24, 2.45) is 0 Å². The van der Waals surface area contributed by atoms with Crippen LogP contribution < -0.4 is 0 Å². The van der Waals surface area contributed by atoms with Gasteiger partial charge in [-0.1, -0.05) is 6.07 Å². The van der Waals surface area contributed by atoms with E-state index in [0.717, 1.165) is 16.7 Å². The molecule has 116 valence electrons. The third-order valence-electron chi connectivity index (χ3n) is 3.14. The Morgan fingerprint density at radius 3 is 2.14 bits per heavy atom. The Morgan fingerprint density at radius 2 is 1.57 bits per heavy atom. The van der Waals surface area contributed by atoms with Gasteiger partial charge in [0.1, 0.15) is 11.5 Å². The smallest absolute Gasteiger partial charge is 0.321 e. The summed E-state index contributed by atoms with van der Waals surface area (Å²) in [4.78, 5) is 23.4. The third-order valence-corrected chi connectivity index (χ3v) is 4.51. The minimum absolute atomic E-state index is 0.110. The lowest BCUT2D eigenvalue weighted by molar-refractivity contribution is -0.139. The number of aryl methyl sites for hydroxylation is 3. The molecule has 0 aromatic heterocycles. The average Bonchev–Trinajstić information content (AvgIpc) is 2.32. The maximum atomic E-state index is 12.2. The van der Waals surface area contributed by atoms with E-state index in [9.17, 15) is 18.0 Å². The molecule has 0 saturated heterocycles. The molecule has 0 bridgehead atoms. The van der Waals surface area contributed by atoms with Crippen LogP contribution in [0.3, 0.4) is 0 Å². The number of hydrogen-bond acceptors (Lipinski definition) is 5. The number of Topliss-reactive ketones (excluding diaryl/α,β-unsaturated/α-hetero) is 1. The normalized spacial score (nSPS) is 11.2. The van der Waals surface area contributed by atoms with Gasteiger partial charge in [-0.05, 0) is 50.5 Å². The lowest BCUT2D eigenvalue weighted by Gasteiger charge is -2.09. The molecule has 1 aromatic carbocycles. The molecule has 0 saturated carbocycles. The molecule has 0 fully saturated rings. The van der Waals surface area contributed by atoms with Gasteiger partial charge in [0.05, 0.1) is 6.61 Å². The van der Waals surface area contributed by atoms with E-state index in [1.54, 1.807) is 19.9 Å². The molecule has 21 heavy (non-hydrogen) atoms. The first-order chi connectivity index (χ1) is 9.66. The molecule has 1 rings (SSSR count). The highest BCUT2D eigenvalue weighted by molar-refractivity contribution is 7.92. The predicted octanol–water partition coefficient (Wildman–Crippen LogP) is 1.77. The Morgan fingerprint density at radius 1 is 1.00 bits per heavy atom. The lowest BCUT2D eigenvalue weighted by Crippen LogP contribution is -2.25. The summed E-state index contributed by atoms with van der Waals surface area (Å²) >= 11 is 0. The van der Waals surface area contributed by atoms with Gasteiger partial charge in [0.15, 0.2) is 15.6 Å². The maximum absolute atomic E-state index is 12.2. The van der Waals surface area contributed by atoms with Crippen LogP contribution in [0.1, 0.15) is 34.0 Å². The standard InChI is InChI=1S/C15H20O5S/c1-5-20-15(17)9-21(18,19)8-14(16)13-7-11(3)10(2)6-12(13)4/h6-7H,5,8-9H2,1-4H3. The summed E-state index contributed by atoms with van der Waals surface area (Å²) in [5, 5.41) is 0. The fourth-order valence-electron chi connectivity index (χ4n) is 1.97. The van der Waals surface area contributed by atoms with Crippen LogP contribution in [-0.4, -0.2) is 38.3 Å². The van der Waals surface area contributed by atoms with Crippen LogP contribution in [0.25, 0.3) is 0 Å². The largest absolute Gasteiger partial charge is 0.465 e. The maximum Gasteiger partial charge on any atom is 0.321 e. The number of sulfone groups is 1. The zero-order valence-corrected chi connectivity index (χ0v) is 13.5. The first-order valence-electron chi connectivity index (χ1n) is 6.63. The molecular weight excluding hydrogens is 292 g/mol. The Bertz CT molecular complexity index is 659. The summed E-state index contributed by atoms with van der Waals surface area (Å²) in [5.41, 5.74) is 3.07. The number of benzene rings is 1. The number of carbonyl (C=O) groups excluding carboxylic acids is 2. The minimum Gasteiger partial charge on any atom is -0.465 e. The van der Waals surface area contributed by atoms with E-state index in [-0.39, 0.29) is 6.61 Å². The monoisotopic (exact) mass is 312 g/mol. The van der Waals surface area contributed by atoms with Crippen molar-refractivity contribution < 1.29 is 22.7 Å². The second kappa shape index (κ2) is 6.85. The Hall–Kier alpha value is -1.69. The molecule has 0 radical (unpaired) electrons. The first-order valence-corrected chi connectivity index (χ1v) is 8.45. The van der Waals surface area contributed by atoms with Crippen molar-refractivity contribution in [1.82, 2.24) is 0 Å². The van der Waals surface area contributed by atoms with Gasteiger partial charge in [0, 0.05) is 5.56 Å². The molecule has 0 aliphatic heterocycles. The SMILES string of the molecule is CCOC(=O)CS(=O)(=O)CC(=O)c1cc(C)c(C)cc1C. The van der Waals surface area contributed by atoms with Crippen molar-refractivity contribution in [3.05, 3.63) is 34.4 Å². The van der Waals surface area contributed by atoms with Crippen LogP contribution in [0.2, 0.25) is 0 Å². The summed E-state index contributed by atoms with van der Waals surface area (Å²) in [5.74, 6) is -2.78. The van der Waals surface area contributed by atoms with E-state index in [4.69, 9.17) is 0 Å². The molecule has 5 nitrogen and oxygen atoms in total. The molecule has 0 atom stereocenters. The second-order valence-electron chi connectivity index (χ2n) is 5.01. The molecule has 0 N–H and O–H groups in total. The van der Waals surface area contributed by atoms with Crippen molar-refractivity contribution in [2.45, 2.75) is 27.7 Å². The number of ether oxygens (including phenoxy) is 1. The van der Waals surface area contributed by atoms with E-state index >= 15 is 0 Å². The quantitative estimate of drug-likeness (QED) is 0.591. The molecule has 0 spiro atoms. The molecule has 0 aliphatic carbocycles. The van der Waals surface area contributed by atoms with E-state index in [1.165, 1.54) is 0 Å². The van der Waals surface area contributed by atoms with Crippen LogP contribution in [0.4, 0.5) is 0 Å². The predicted molar refractivity (Wildman–Crippen MR) is 80.3 cm³/mol. The number of ketones is 1. The molecule has 6 heteroatoms. The van der Waals surface area contributed by atoms with E-state index in [1.807, 2.05) is 19.9 Å². The topological polar surface area (TPSA) is 77.5 Å². The average molecular weight is 312 g/mol. The van der Waals surface area contributed by atoms with Gasteiger partial charge in [0.25, 0.3) is 0 Å². The fourth-order valence-corrected chi connectivity index (χ4v) is 3.07. The third kappa shape index (κ3) is 4.97. The molecule has 0 amide bonds. The van der Waals surface area contributed by atoms with E-state index in [2.05, 4.69) is 4.74 Å². The van der Waals surface area contributed by atoms with Gasteiger partial charge >= 0.3 is 5.97 Å². The molecule has 0 unspecified atom stereocenters. The highest BCUT2D eigenvalue weighted by Gasteiger charge is 2.23. The van der Waals surface area contributed by atoms with Crippen molar-refractivity contribution in [1.29, 1.82) is 0 Å². The molecule has 1 aromatic rings. The van der Waals surface area contributed by atoms with E-state index in [0.29, 0.717) is 5.56 Å². The second-order valence-corrected chi connectivity index (χ2v) is 7.08. The van der Waals surface area contributed by atoms with Gasteiger partial charge in [-0.15, -0.1) is 0 Å². The van der Waals surface area contributed by atoms with Gasteiger partial charge in [0.2, 0.25) is 0 Å². The van der Waals surface area contributed by atoms with Gasteiger partial charge in [-0.2, -0.15) is 0 Å². The van der Waals surface area contributed by atoms with Crippen LogP contribution in [0.5, 0.6) is 0 Å². The Kier molecular flexibility index (Phi) is 5.66. The number of hydrogen-bond donors (Lipinski definition) is 0. The van der Waals surface area contributed by atoms with Crippen molar-refractivity contribution in [2.75, 3.05) is 18.1 Å². The fraction of sp³-hybridized carbons (Fsp3) is 0.467. The summed E-state index contributed by atoms with van der Waals surface area (Å²) in [7, 11) is -3.81. The number of carbonyl (C=O) groups is 2. The number of esters is 1. The zero-order chi connectivity index (χ0) is 16.2.